The summed E-state index contributed by atoms with van der Waals surface area (Å²) in [6.45, 7) is 19.1. The van der Waals surface area contributed by atoms with Crippen molar-refractivity contribution in [3.63, 3.8) is 0 Å². The van der Waals surface area contributed by atoms with Crippen LogP contribution >= 0.6 is 0 Å². The molecule has 0 aromatic carbocycles. The van der Waals surface area contributed by atoms with E-state index in [0.717, 1.165) is 66.9 Å². The Kier molecular flexibility index (Phi) is 9.73. The van der Waals surface area contributed by atoms with Crippen LogP contribution in [0.2, 0.25) is 0 Å². The number of rotatable bonds is 10. The van der Waals surface area contributed by atoms with Gasteiger partial charge in [-0.2, -0.15) is 10.2 Å². The summed E-state index contributed by atoms with van der Waals surface area (Å²) < 4.78 is 2.14. The average molecular weight is 515 g/mol. The first-order chi connectivity index (χ1) is 18.5. The summed E-state index contributed by atoms with van der Waals surface area (Å²) in [6, 6.07) is 2.69. The molecule has 2 aliphatic rings. The molecule has 0 amide bonds. The van der Waals surface area contributed by atoms with E-state index >= 15 is 0 Å². The van der Waals surface area contributed by atoms with Gasteiger partial charge in [-0.05, 0) is 80.3 Å². The van der Waals surface area contributed by atoms with Gasteiger partial charge in [-0.1, -0.05) is 47.1 Å². The monoisotopic (exact) mass is 514 g/mol. The maximum atomic E-state index is 5.18. The molecule has 2 aromatic heterocycles. The fraction of sp³-hybridized carbons (Fsp3) is 0.531. The lowest BCUT2D eigenvalue weighted by Gasteiger charge is -2.31. The molecule has 2 aliphatic heterocycles. The first-order valence-corrected chi connectivity index (χ1v) is 14.7. The minimum atomic E-state index is 0.452. The van der Waals surface area contributed by atoms with E-state index in [2.05, 4.69) is 79.6 Å². The summed E-state index contributed by atoms with van der Waals surface area (Å²) in [4.78, 5) is 7.68. The Morgan fingerprint density at radius 2 is 1.84 bits per heavy atom. The van der Waals surface area contributed by atoms with Crippen molar-refractivity contribution in [2.24, 2.45) is 5.10 Å². The van der Waals surface area contributed by atoms with Gasteiger partial charge in [-0.15, -0.1) is 0 Å². The lowest BCUT2D eigenvalue weighted by molar-refractivity contribution is 0.187. The molecule has 6 heteroatoms. The number of hydrazone groups is 1. The molecule has 0 bridgehead atoms. The molecule has 0 atom stereocenters. The van der Waals surface area contributed by atoms with Gasteiger partial charge in [0, 0.05) is 47.9 Å². The molecule has 1 fully saturated rings. The van der Waals surface area contributed by atoms with E-state index in [-0.39, 0.29) is 0 Å². The molecule has 0 unspecified atom stereocenters. The molecular weight excluding hydrogens is 468 g/mol. The molecule has 0 spiro atoms. The van der Waals surface area contributed by atoms with Gasteiger partial charge in [0.1, 0.15) is 0 Å². The van der Waals surface area contributed by atoms with Crippen LogP contribution in [-0.2, 0) is 6.42 Å². The average Bonchev–Trinajstić information content (AvgIpc) is 3.40. The van der Waals surface area contributed by atoms with Crippen molar-refractivity contribution in [1.29, 1.82) is 0 Å². The van der Waals surface area contributed by atoms with Gasteiger partial charge >= 0.3 is 0 Å². The van der Waals surface area contributed by atoms with E-state index < -0.39 is 0 Å². The van der Waals surface area contributed by atoms with Gasteiger partial charge in [-0.25, -0.2) is 0 Å². The highest BCUT2D eigenvalue weighted by Gasteiger charge is 2.22. The molecule has 6 nitrogen and oxygen atoms in total. The predicted octanol–water partition coefficient (Wildman–Crippen LogP) is 7.06. The first-order valence-electron chi connectivity index (χ1n) is 14.7. The van der Waals surface area contributed by atoms with Crippen LogP contribution in [0.15, 0.2) is 48.0 Å². The fourth-order valence-electron chi connectivity index (χ4n) is 6.04. The van der Waals surface area contributed by atoms with E-state index in [0.29, 0.717) is 12.0 Å². The second-order valence-corrected chi connectivity index (χ2v) is 10.8. The van der Waals surface area contributed by atoms with Crippen LogP contribution in [0.25, 0.3) is 11.1 Å². The van der Waals surface area contributed by atoms with Crippen LogP contribution in [0.3, 0.4) is 0 Å². The zero-order valence-electron chi connectivity index (χ0n) is 24.1. The SMILES string of the molecule is C=C1/C=C(c2cc(C)c(C(CCC)CCC)c(CC)n2)\C=N/N/C=C\1c1cnn(C2CCN(CC)CC2)c1. The van der Waals surface area contributed by atoms with E-state index in [1.807, 2.05) is 18.6 Å². The number of aromatic nitrogens is 3. The Balaban J connectivity index is 1.59. The highest BCUT2D eigenvalue weighted by molar-refractivity contribution is 6.11. The van der Waals surface area contributed by atoms with Crippen LogP contribution in [0, 0.1) is 6.92 Å². The number of hydrogen-bond acceptors (Lipinski definition) is 5. The first kappa shape index (κ1) is 28.0. The topological polar surface area (TPSA) is 58.3 Å². The summed E-state index contributed by atoms with van der Waals surface area (Å²) in [5.74, 6) is 0.582. The van der Waals surface area contributed by atoms with Crippen LogP contribution in [-0.4, -0.2) is 45.5 Å². The molecule has 4 rings (SSSR count). The zero-order valence-corrected chi connectivity index (χ0v) is 24.1. The van der Waals surface area contributed by atoms with E-state index in [9.17, 15) is 0 Å². The smallest absolute Gasteiger partial charge is 0.0724 e. The van der Waals surface area contributed by atoms with Crippen LogP contribution in [0.4, 0.5) is 0 Å². The summed E-state index contributed by atoms with van der Waals surface area (Å²) in [5, 5.41) is 9.22. The summed E-state index contributed by atoms with van der Waals surface area (Å²) >= 11 is 0. The normalized spacial score (nSPS) is 20.8. The van der Waals surface area contributed by atoms with Crippen molar-refractivity contribution >= 4 is 17.4 Å². The Hall–Kier alpha value is -2.99. The lowest BCUT2D eigenvalue weighted by atomic mass is 9.85. The number of likely N-dealkylation sites (tertiary alicyclic amines) is 1. The maximum absolute atomic E-state index is 5.18. The highest BCUT2D eigenvalue weighted by Crippen LogP contribution is 2.34. The predicted molar refractivity (Wildman–Crippen MR) is 160 cm³/mol. The minimum Gasteiger partial charge on any atom is -0.303 e. The Morgan fingerprint density at radius 1 is 1.11 bits per heavy atom. The van der Waals surface area contributed by atoms with Crippen molar-refractivity contribution in [2.75, 3.05) is 19.6 Å². The minimum absolute atomic E-state index is 0.452. The number of allylic oxidation sites excluding steroid dienone is 4. The quantitative estimate of drug-likeness (QED) is 0.369. The Labute approximate surface area is 229 Å². The standard InChI is InChI=1S/C32H46N6/c1-7-11-25(12-8-2)32-24(6)18-31(36-30(32)9-3)26-17-23(5)29(21-34-33-19-26)27-20-35-38(22-27)28-13-15-37(10-4)16-14-28/h17-22,25,28,34H,5,7-16H2,1-4,6H3/b26-17+,29-21+,33-19-. The molecule has 0 saturated carbocycles. The van der Waals surface area contributed by atoms with Gasteiger partial charge in [0.2, 0.25) is 0 Å². The molecule has 4 heterocycles. The maximum Gasteiger partial charge on any atom is 0.0724 e. The van der Waals surface area contributed by atoms with Crippen molar-refractivity contribution in [2.45, 2.75) is 91.5 Å². The molecule has 1 saturated heterocycles. The lowest BCUT2D eigenvalue weighted by Crippen LogP contribution is -2.34. The number of pyridine rings is 1. The number of aryl methyl sites for hydroxylation is 2. The zero-order chi connectivity index (χ0) is 27.1. The molecule has 0 aliphatic carbocycles. The third kappa shape index (κ3) is 6.35. The summed E-state index contributed by atoms with van der Waals surface area (Å²) in [7, 11) is 0. The largest absolute Gasteiger partial charge is 0.303 e. The Morgan fingerprint density at radius 3 is 2.50 bits per heavy atom. The van der Waals surface area contributed by atoms with E-state index in [4.69, 9.17) is 10.1 Å². The van der Waals surface area contributed by atoms with Crippen LogP contribution in [0.5, 0.6) is 0 Å². The van der Waals surface area contributed by atoms with Gasteiger partial charge in [0.05, 0.1) is 24.1 Å². The van der Waals surface area contributed by atoms with Crippen molar-refractivity contribution in [1.82, 2.24) is 25.1 Å². The fourth-order valence-corrected chi connectivity index (χ4v) is 6.04. The third-order valence-electron chi connectivity index (χ3n) is 8.11. The molecular formula is C32H46N6. The second-order valence-electron chi connectivity index (χ2n) is 10.8. The van der Waals surface area contributed by atoms with E-state index in [1.165, 1.54) is 42.5 Å². The van der Waals surface area contributed by atoms with Crippen molar-refractivity contribution < 1.29 is 0 Å². The van der Waals surface area contributed by atoms with Gasteiger partial charge in [0.25, 0.3) is 0 Å². The van der Waals surface area contributed by atoms with Gasteiger partial charge < -0.3 is 4.90 Å². The Bertz CT molecular complexity index is 1190. The van der Waals surface area contributed by atoms with E-state index in [1.54, 1.807) is 0 Å². The summed E-state index contributed by atoms with van der Waals surface area (Å²) in [6.07, 6.45) is 18.0. The number of nitrogens with zero attached hydrogens (tertiary/aromatic N) is 5. The van der Waals surface area contributed by atoms with Crippen LogP contribution in [0.1, 0.15) is 106 Å². The number of nitrogens with one attached hydrogen (secondary N) is 1. The number of hydrogen-bond donors (Lipinski definition) is 1. The summed E-state index contributed by atoms with van der Waals surface area (Å²) in [5.41, 5.74) is 12.0. The highest BCUT2D eigenvalue weighted by atomic mass is 15.3. The van der Waals surface area contributed by atoms with Crippen LogP contribution < -0.4 is 5.43 Å². The molecule has 204 valence electrons. The number of piperidine rings is 1. The van der Waals surface area contributed by atoms with Gasteiger partial charge in [0.15, 0.2) is 0 Å². The van der Waals surface area contributed by atoms with Crippen molar-refractivity contribution in [3.05, 3.63) is 71.0 Å². The van der Waals surface area contributed by atoms with Crippen molar-refractivity contribution in [3.8, 4) is 0 Å². The third-order valence-corrected chi connectivity index (χ3v) is 8.11. The molecule has 0 radical (unpaired) electrons. The molecule has 38 heavy (non-hydrogen) atoms. The molecule has 2 aromatic rings. The van der Waals surface area contributed by atoms with Gasteiger partial charge in [-0.3, -0.25) is 15.1 Å². The second kappa shape index (κ2) is 13.2. The molecule has 1 N–H and O–H groups in total.